The minimum Gasteiger partial charge on any atom is -0.399 e. The first-order valence-electron chi connectivity index (χ1n) is 4.54. The monoisotopic (exact) mass is 187 g/mol. The Balaban J connectivity index is 2.47. The van der Waals surface area contributed by atoms with Gasteiger partial charge in [-0.1, -0.05) is 0 Å². The van der Waals surface area contributed by atoms with Crippen LogP contribution in [-0.4, -0.2) is 9.78 Å². The normalized spacial score (nSPS) is 10.4. The molecular weight excluding hydrogens is 174 g/mol. The van der Waals surface area contributed by atoms with Gasteiger partial charge in [0.2, 0.25) is 0 Å². The van der Waals surface area contributed by atoms with Crippen LogP contribution in [0.5, 0.6) is 0 Å². The number of aryl methyl sites for hydroxylation is 2. The molecule has 72 valence electrons. The van der Waals surface area contributed by atoms with Crippen LogP contribution in [0.1, 0.15) is 11.1 Å². The molecule has 0 aliphatic rings. The van der Waals surface area contributed by atoms with E-state index in [4.69, 9.17) is 5.73 Å². The summed E-state index contributed by atoms with van der Waals surface area (Å²) < 4.78 is 1.85. The molecular formula is C11H13N3. The molecule has 0 bridgehead atoms. The second-order valence-corrected chi connectivity index (χ2v) is 3.50. The van der Waals surface area contributed by atoms with Gasteiger partial charge in [0.25, 0.3) is 0 Å². The summed E-state index contributed by atoms with van der Waals surface area (Å²) in [5.41, 5.74) is 9.84. The fraction of sp³-hybridized carbons (Fsp3) is 0.182. The minimum atomic E-state index is 0.817. The largest absolute Gasteiger partial charge is 0.399 e. The van der Waals surface area contributed by atoms with E-state index in [0.29, 0.717) is 0 Å². The van der Waals surface area contributed by atoms with Gasteiger partial charge in [-0.05, 0) is 43.2 Å². The molecule has 0 fully saturated rings. The SMILES string of the molecule is Cc1cnn(-c2ccc(N)c(C)c2)c1. The Bertz CT molecular complexity index is 457. The number of nitrogens with two attached hydrogens (primary N) is 1. The Morgan fingerprint density at radius 2 is 2.07 bits per heavy atom. The highest BCUT2D eigenvalue weighted by atomic mass is 15.3. The lowest BCUT2D eigenvalue weighted by molar-refractivity contribution is 0.879. The molecule has 2 N–H and O–H groups in total. The van der Waals surface area contributed by atoms with E-state index in [1.807, 2.05) is 49.1 Å². The molecule has 0 amide bonds. The van der Waals surface area contributed by atoms with Gasteiger partial charge in [-0.3, -0.25) is 0 Å². The van der Waals surface area contributed by atoms with Crippen molar-refractivity contribution in [3.63, 3.8) is 0 Å². The van der Waals surface area contributed by atoms with Crippen molar-refractivity contribution in [2.75, 3.05) is 5.73 Å². The number of hydrogen-bond donors (Lipinski definition) is 1. The maximum Gasteiger partial charge on any atom is 0.0649 e. The number of anilines is 1. The summed E-state index contributed by atoms with van der Waals surface area (Å²) in [4.78, 5) is 0. The summed E-state index contributed by atoms with van der Waals surface area (Å²) in [6, 6.07) is 5.90. The van der Waals surface area contributed by atoms with Gasteiger partial charge in [-0.2, -0.15) is 5.10 Å². The predicted molar refractivity (Wildman–Crippen MR) is 57.5 cm³/mol. The topological polar surface area (TPSA) is 43.8 Å². The second kappa shape index (κ2) is 3.18. The first kappa shape index (κ1) is 8.81. The molecule has 1 aromatic carbocycles. The van der Waals surface area contributed by atoms with E-state index in [9.17, 15) is 0 Å². The number of hydrogen-bond acceptors (Lipinski definition) is 2. The number of nitrogen functional groups attached to an aromatic ring is 1. The fourth-order valence-electron chi connectivity index (χ4n) is 1.36. The van der Waals surface area contributed by atoms with Gasteiger partial charge < -0.3 is 5.73 Å². The van der Waals surface area contributed by atoms with Crippen molar-refractivity contribution >= 4 is 5.69 Å². The molecule has 1 aromatic heterocycles. The Hall–Kier alpha value is -1.77. The lowest BCUT2D eigenvalue weighted by Gasteiger charge is -2.04. The van der Waals surface area contributed by atoms with Crippen LogP contribution < -0.4 is 5.73 Å². The molecule has 2 aromatic rings. The molecule has 0 aliphatic heterocycles. The summed E-state index contributed by atoms with van der Waals surface area (Å²) in [7, 11) is 0. The number of nitrogens with zero attached hydrogens (tertiary/aromatic N) is 2. The van der Waals surface area contributed by atoms with Crippen LogP contribution in [0, 0.1) is 13.8 Å². The Morgan fingerprint density at radius 1 is 1.29 bits per heavy atom. The standard InChI is InChI=1S/C11H13N3/c1-8-6-13-14(7-8)10-3-4-11(12)9(2)5-10/h3-7H,12H2,1-2H3. The van der Waals surface area contributed by atoms with Crippen molar-refractivity contribution in [1.29, 1.82) is 0 Å². The van der Waals surface area contributed by atoms with Crippen LogP contribution in [0.3, 0.4) is 0 Å². The molecule has 1 heterocycles. The van der Waals surface area contributed by atoms with Gasteiger partial charge >= 0.3 is 0 Å². The molecule has 0 aliphatic carbocycles. The maximum absolute atomic E-state index is 5.74. The Morgan fingerprint density at radius 3 is 2.64 bits per heavy atom. The summed E-state index contributed by atoms with van der Waals surface area (Å²) >= 11 is 0. The fourth-order valence-corrected chi connectivity index (χ4v) is 1.36. The van der Waals surface area contributed by atoms with E-state index < -0.39 is 0 Å². The highest BCUT2D eigenvalue weighted by molar-refractivity contribution is 5.51. The lowest BCUT2D eigenvalue weighted by atomic mass is 10.2. The van der Waals surface area contributed by atoms with Gasteiger partial charge in [0.05, 0.1) is 11.9 Å². The van der Waals surface area contributed by atoms with E-state index in [2.05, 4.69) is 5.10 Å². The molecule has 0 saturated carbocycles. The smallest absolute Gasteiger partial charge is 0.0649 e. The molecule has 3 nitrogen and oxygen atoms in total. The number of aromatic nitrogens is 2. The van der Waals surface area contributed by atoms with Gasteiger partial charge in [0, 0.05) is 11.9 Å². The zero-order chi connectivity index (χ0) is 10.1. The first-order chi connectivity index (χ1) is 6.66. The van der Waals surface area contributed by atoms with Crippen molar-refractivity contribution in [2.45, 2.75) is 13.8 Å². The van der Waals surface area contributed by atoms with E-state index >= 15 is 0 Å². The average molecular weight is 187 g/mol. The molecule has 0 radical (unpaired) electrons. The van der Waals surface area contributed by atoms with Gasteiger partial charge in [-0.15, -0.1) is 0 Å². The van der Waals surface area contributed by atoms with E-state index in [1.54, 1.807) is 0 Å². The van der Waals surface area contributed by atoms with Gasteiger partial charge in [0.1, 0.15) is 0 Å². The van der Waals surface area contributed by atoms with Gasteiger partial charge in [0.15, 0.2) is 0 Å². The molecule has 3 heteroatoms. The maximum atomic E-state index is 5.74. The third kappa shape index (κ3) is 1.48. The van der Waals surface area contributed by atoms with E-state index in [0.717, 1.165) is 22.5 Å². The van der Waals surface area contributed by atoms with Crippen molar-refractivity contribution in [3.05, 3.63) is 41.7 Å². The lowest BCUT2D eigenvalue weighted by Crippen LogP contribution is -1.96. The molecule has 0 atom stereocenters. The molecule has 14 heavy (non-hydrogen) atoms. The molecule has 2 rings (SSSR count). The average Bonchev–Trinajstić information content (AvgIpc) is 2.57. The summed E-state index contributed by atoms with van der Waals surface area (Å²) in [5, 5.41) is 4.23. The Labute approximate surface area is 83.2 Å². The van der Waals surface area contributed by atoms with Crippen molar-refractivity contribution in [3.8, 4) is 5.69 Å². The highest BCUT2D eigenvalue weighted by Crippen LogP contribution is 2.15. The van der Waals surface area contributed by atoms with Gasteiger partial charge in [-0.25, -0.2) is 4.68 Å². The van der Waals surface area contributed by atoms with Crippen LogP contribution in [0.25, 0.3) is 5.69 Å². The molecule has 0 unspecified atom stereocenters. The van der Waals surface area contributed by atoms with Crippen LogP contribution in [0.15, 0.2) is 30.6 Å². The van der Waals surface area contributed by atoms with Crippen LogP contribution in [0.4, 0.5) is 5.69 Å². The predicted octanol–water partition coefficient (Wildman–Crippen LogP) is 2.07. The zero-order valence-corrected chi connectivity index (χ0v) is 8.36. The third-order valence-corrected chi connectivity index (χ3v) is 2.23. The summed E-state index contributed by atoms with van der Waals surface area (Å²) in [6.45, 7) is 4.02. The molecule has 0 saturated heterocycles. The zero-order valence-electron chi connectivity index (χ0n) is 8.36. The van der Waals surface area contributed by atoms with Crippen molar-refractivity contribution in [1.82, 2.24) is 9.78 Å². The van der Waals surface area contributed by atoms with Crippen LogP contribution in [-0.2, 0) is 0 Å². The summed E-state index contributed by atoms with van der Waals surface area (Å²) in [6.07, 6.45) is 3.83. The summed E-state index contributed by atoms with van der Waals surface area (Å²) in [5.74, 6) is 0. The molecule has 0 spiro atoms. The van der Waals surface area contributed by atoms with Crippen LogP contribution >= 0.6 is 0 Å². The van der Waals surface area contributed by atoms with E-state index in [-0.39, 0.29) is 0 Å². The minimum absolute atomic E-state index is 0.817. The third-order valence-electron chi connectivity index (χ3n) is 2.23. The highest BCUT2D eigenvalue weighted by Gasteiger charge is 1.99. The second-order valence-electron chi connectivity index (χ2n) is 3.50. The quantitative estimate of drug-likeness (QED) is 0.694. The first-order valence-corrected chi connectivity index (χ1v) is 4.54. The Kier molecular flexibility index (Phi) is 2.00. The van der Waals surface area contributed by atoms with Crippen molar-refractivity contribution < 1.29 is 0 Å². The number of rotatable bonds is 1. The van der Waals surface area contributed by atoms with Crippen molar-refractivity contribution in [2.24, 2.45) is 0 Å². The number of benzene rings is 1. The van der Waals surface area contributed by atoms with Crippen LogP contribution in [0.2, 0.25) is 0 Å². The van der Waals surface area contributed by atoms with E-state index in [1.165, 1.54) is 0 Å².